The van der Waals surface area contributed by atoms with Crippen molar-refractivity contribution >= 4 is 22.7 Å². The van der Waals surface area contributed by atoms with Gasteiger partial charge in [-0.25, -0.2) is 4.98 Å². The van der Waals surface area contributed by atoms with Gasteiger partial charge in [0.2, 0.25) is 0 Å². The minimum atomic E-state index is -0.424. The first-order valence-electron chi connectivity index (χ1n) is 10.6. The number of allylic oxidation sites excluding steroid dienone is 1. The van der Waals surface area contributed by atoms with E-state index in [4.69, 9.17) is 9.47 Å². The second-order valence-electron chi connectivity index (χ2n) is 7.49. The molecule has 1 atom stereocenters. The third-order valence-electron chi connectivity index (χ3n) is 5.35. The number of rotatable bonds is 7. The summed E-state index contributed by atoms with van der Waals surface area (Å²) in [6, 6.07) is 16.7. The Hall–Kier alpha value is -4.10. The van der Waals surface area contributed by atoms with Crippen LogP contribution in [0.4, 0.5) is 0 Å². The summed E-state index contributed by atoms with van der Waals surface area (Å²) < 4.78 is 15.3. The Morgan fingerprint density at radius 2 is 1.94 bits per heavy atom. The lowest BCUT2D eigenvalue weighted by molar-refractivity contribution is 0.0821. The van der Waals surface area contributed by atoms with Crippen LogP contribution in [0.1, 0.15) is 17.8 Å². The summed E-state index contributed by atoms with van der Waals surface area (Å²) in [6.07, 6.45) is 1.33. The van der Waals surface area contributed by atoms with E-state index in [0.29, 0.717) is 58.1 Å². The lowest BCUT2D eigenvalue weighted by Gasteiger charge is -2.26. The van der Waals surface area contributed by atoms with Gasteiger partial charge < -0.3 is 9.47 Å². The van der Waals surface area contributed by atoms with Crippen LogP contribution in [-0.4, -0.2) is 30.9 Å². The normalized spacial score (nSPS) is 14.6. The van der Waals surface area contributed by atoms with Gasteiger partial charge >= 0.3 is 0 Å². The van der Waals surface area contributed by atoms with Crippen LogP contribution in [0.2, 0.25) is 0 Å². The van der Waals surface area contributed by atoms with Crippen LogP contribution in [0.3, 0.4) is 0 Å². The standard InChI is InChI=1S/C24H20N6O3S/c1-2-12-30-22(20-14-32-18-9-5-6-10-19(18)33-20)27-28-24(30)34-15-21-26-17-8-4-3-7-16(17)23(31)29(21)13-11-25/h2-10,20H,1,12-15H2/t20-/m1/s1. The summed E-state index contributed by atoms with van der Waals surface area (Å²) in [5.74, 6) is 2.80. The van der Waals surface area contributed by atoms with Gasteiger partial charge in [0.05, 0.1) is 22.7 Å². The van der Waals surface area contributed by atoms with E-state index >= 15 is 0 Å². The first kappa shape index (κ1) is 21.7. The molecule has 0 N–H and O–H groups in total. The van der Waals surface area contributed by atoms with Gasteiger partial charge in [-0.2, -0.15) is 5.26 Å². The molecule has 170 valence electrons. The molecule has 0 saturated carbocycles. The minimum absolute atomic E-state index is 0.0795. The number of hydrogen-bond acceptors (Lipinski definition) is 8. The number of para-hydroxylation sites is 3. The Kier molecular flexibility index (Phi) is 6.01. The van der Waals surface area contributed by atoms with Crippen LogP contribution < -0.4 is 15.0 Å². The van der Waals surface area contributed by atoms with Gasteiger partial charge in [-0.3, -0.25) is 13.9 Å². The maximum absolute atomic E-state index is 12.9. The average Bonchev–Trinajstić information content (AvgIpc) is 3.27. The van der Waals surface area contributed by atoms with Gasteiger partial charge in [-0.15, -0.1) is 16.8 Å². The van der Waals surface area contributed by atoms with Gasteiger partial charge in [0.25, 0.3) is 5.56 Å². The van der Waals surface area contributed by atoms with Crippen molar-refractivity contribution in [3.05, 3.63) is 83.2 Å². The highest BCUT2D eigenvalue weighted by Crippen LogP contribution is 2.36. The molecule has 3 heterocycles. The van der Waals surface area contributed by atoms with Gasteiger partial charge in [0.15, 0.2) is 28.6 Å². The summed E-state index contributed by atoms with van der Waals surface area (Å²) in [6.45, 7) is 4.56. The fourth-order valence-corrected chi connectivity index (χ4v) is 4.68. The zero-order valence-corrected chi connectivity index (χ0v) is 18.9. The molecule has 0 spiro atoms. The topological polar surface area (TPSA) is 108 Å². The summed E-state index contributed by atoms with van der Waals surface area (Å²) in [5.41, 5.74) is 0.361. The molecule has 2 aromatic heterocycles. The van der Waals surface area contributed by atoms with Crippen molar-refractivity contribution in [1.82, 2.24) is 24.3 Å². The van der Waals surface area contributed by atoms with Crippen LogP contribution in [0.5, 0.6) is 11.5 Å². The maximum Gasteiger partial charge on any atom is 0.262 e. The minimum Gasteiger partial charge on any atom is -0.485 e. The zero-order chi connectivity index (χ0) is 23.5. The molecule has 5 rings (SSSR count). The predicted octanol–water partition coefficient (Wildman–Crippen LogP) is 3.50. The van der Waals surface area contributed by atoms with Gasteiger partial charge in [-0.05, 0) is 24.3 Å². The van der Waals surface area contributed by atoms with Crippen LogP contribution in [0, 0.1) is 11.3 Å². The molecule has 0 radical (unpaired) electrons. The molecular weight excluding hydrogens is 452 g/mol. The number of benzene rings is 2. The van der Waals surface area contributed by atoms with Crippen molar-refractivity contribution < 1.29 is 9.47 Å². The molecule has 1 aliphatic heterocycles. The van der Waals surface area contributed by atoms with Crippen molar-refractivity contribution in [2.75, 3.05) is 6.61 Å². The van der Waals surface area contributed by atoms with E-state index in [0.717, 1.165) is 0 Å². The molecule has 34 heavy (non-hydrogen) atoms. The van der Waals surface area contributed by atoms with E-state index in [1.54, 1.807) is 24.3 Å². The smallest absolute Gasteiger partial charge is 0.262 e. The van der Waals surface area contributed by atoms with Gasteiger partial charge in [-0.1, -0.05) is 42.1 Å². The molecule has 0 fully saturated rings. The number of hydrogen-bond donors (Lipinski definition) is 0. The molecule has 0 unspecified atom stereocenters. The predicted molar refractivity (Wildman–Crippen MR) is 127 cm³/mol. The largest absolute Gasteiger partial charge is 0.485 e. The molecule has 2 aromatic carbocycles. The van der Waals surface area contributed by atoms with Gasteiger partial charge in [0.1, 0.15) is 19.0 Å². The molecule has 0 bridgehead atoms. The number of fused-ring (bicyclic) bond motifs is 2. The summed E-state index contributed by atoms with van der Waals surface area (Å²) in [4.78, 5) is 17.6. The lowest BCUT2D eigenvalue weighted by atomic mass is 10.2. The van der Waals surface area contributed by atoms with Crippen molar-refractivity contribution in [2.24, 2.45) is 0 Å². The molecule has 0 aliphatic carbocycles. The van der Waals surface area contributed by atoms with Crippen LogP contribution in [0.15, 0.2) is 71.1 Å². The van der Waals surface area contributed by atoms with Crippen molar-refractivity contribution in [3.63, 3.8) is 0 Å². The van der Waals surface area contributed by atoms with E-state index in [1.165, 1.54) is 16.3 Å². The number of nitrogens with zero attached hydrogens (tertiary/aromatic N) is 6. The summed E-state index contributed by atoms with van der Waals surface area (Å²) in [7, 11) is 0. The number of ether oxygens (including phenoxy) is 2. The fourth-order valence-electron chi connectivity index (χ4n) is 3.78. The summed E-state index contributed by atoms with van der Waals surface area (Å²) >= 11 is 1.38. The molecule has 0 saturated heterocycles. The van der Waals surface area contributed by atoms with Crippen molar-refractivity contribution in [3.8, 4) is 17.6 Å². The van der Waals surface area contributed by atoms with E-state index < -0.39 is 6.10 Å². The average molecular weight is 473 g/mol. The number of thioether (sulfide) groups is 1. The van der Waals surface area contributed by atoms with Crippen molar-refractivity contribution in [2.45, 2.75) is 30.1 Å². The van der Waals surface area contributed by atoms with E-state index in [1.807, 2.05) is 34.9 Å². The molecule has 9 nitrogen and oxygen atoms in total. The van der Waals surface area contributed by atoms with Crippen LogP contribution in [0.25, 0.3) is 10.9 Å². The highest BCUT2D eigenvalue weighted by atomic mass is 32.2. The molecule has 4 aromatic rings. The van der Waals surface area contributed by atoms with E-state index in [-0.39, 0.29) is 12.1 Å². The van der Waals surface area contributed by atoms with Gasteiger partial charge in [0, 0.05) is 6.54 Å². The third-order valence-corrected chi connectivity index (χ3v) is 6.32. The van der Waals surface area contributed by atoms with Crippen LogP contribution in [-0.2, 0) is 18.8 Å². The highest BCUT2D eigenvalue weighted by Gasteiger charge is 2.28. The first-order chi connectivity index (χ1) is 16.7. The monoisotopic (exact) mass is 472 g/mol. The van der Waals surface area contributed by atoms with Crippen molar-refractivity contribution in [1.29, 1.82) is 5.26 Å². The number of aromatic nitrogens is 5. The Labute approximate surface area is 199 Å². The first-order valence-corrected chi connectivity index (χ1v) is 11.6. The highest BCUT2D eigenvalue weighted by molar-refractivity contribution is 7.98. The Morgan fingerprint density at radius 3 is 2.76 bits per heavy atom. The Balaban J connectivity index is 1.44. The van der Waals surface area contributed by atoms with E-state index in [9.17, 15) is 10.1 Å². The maximum atomic E-state index is 12.9. The quantitative estimate of drug-likeness (QED) is 0.297. The third kappa shape index (κ3) is 4.02. The molecular formula is C24H20N6O3S. The molecule has 1 aliphatic rings. The SMILES string of the molecule is C=CCn1c(SCc2nc3ccccc3c(=O)n2CC#N)nnc1[C@H]1COc2ccccc2O1. The number of nitriles is 1. The Morgan fingerprint density at radius 1 is 1.15 bits per heavy atom. The summed E-state index contributed by atoms with van der Waals surface area (Å²) in [5, 5.41) is 19.1. The fraction of sp³-hybridized carbons (Fsp3) is 0.208. The molecule has 0 amide bonds. The molecule has 10 heteroatoms. The Bertz CT molecular complexity index is 1470. The van der Waals surface area contributed by atoms with E-state index in [2.05, 4.69) is 27.8 Å². The second-order valence-corrected chi connectivity index (χ2v) is 8.43. The second kappa shape index (κ2) is 9.41. The zero-order valence-electron chi connectivity index (χ0n) is 18.1. The lowest BCUT2D eigenvalue weighted by Crippen LogP contribution is -2.25. The van der Waals surface area contributed by atoms with Crippen LogP contribution >= 0.6 is 11.8 Å².